The molecule has 30 heavy (non-hydrogen) atoms. The van der Waals surface area contributed by atoms with Crippen molar-refractivity contribution in [1.82, 2.24) is 0 Å². The van der Waals surface area contributed by atoms with E-state index in [9.17, 15) is 0 Å². The Bertz CT molecular complexity index is 972. The summed E-state index contributed by atoms with van der Waals surface area (Å²) in [6, 6.07) is 36.3. The van der Waals surface area contributed by atoms with Gasteiger partial charge in [-0.3, -0.25) is 6.08 Å². The van der Waals surface area contributed by atoms with Gasteiger partial charge in [-0.2, -0.15) is 23.6 Å². The van der Waals surface area contributed by atoms with E-state index >= 15 is 0 Å². The van der Waals surface area contributed by atoms with Crippen LogP contribution in [-0.2, 0) is 23.3 Å². The van der Waals surface area contributed by atoms with Crippen LogP contribution >= 0.6 is 24.8 Å². The fraction of sp³-hybridized carbons (Fsp3) is 0.0385. The molecule has 0 unspecified atom stereocenters. The molecule has 0 aliphatic heterocycles. The van der Waals surface area contributed by atoms with E-state index in [0.29, 0.717) is 0 Å². The van der Waals surface area contributed by atoms with E-state index in [-0.39, 0.29) is 24.8 Å². The maximum Gasteiger partial charge on any atom is -0.0809 e. The molecule has 0 radical (unpaired) electrons. The summed E-state index contributed by atoms with van der Waals surface area (Å²) < 4.78 is 0. The van der Waals surface area contributed by atoms with Crippen LogP contribution in [0.1, 0.15) is 6.42 Å². The second-order valence-electron chi connectivity index (χ2n) is 6.26. The summed E-state index contributed by atoms with van der Waals surface area (Å²) >= 11 is 1.64. The van der Waals surface area contributed by atoms with Crippen LogP contribution in [-0.4, -0.2) is 5.43 Å². The molecule has 0 amide bonds. The smallest absolute Gasteiger partial charge is 0.0809 e. The van der Waals surface area contributed by atoms with Gasteiger partial charge in [0.2, 0.25) is 0 Å². The number of halogens is 2. The zero-order valence-corrected chi connectivity index (χ0v) is 21.7. The average molecular weight is 527 g/mol. The summed E-state index contributed by atoms with van der Waals surface area (Å²) in [4.78, 5) is 0. The molecule has 0 heterocycles. The van der Waals surface area contributed by atoms with Gasteiger partial charge in [0, 0.05) is 0 Å². The normalized spacial score (nSPS) is 10.6. The molecule has 0 saturated carbocycles. The summed E-state index contributed by atoms with van der Waals surface area (Å²) in [5.74, 6) is 0. The van der Waals surface area contributed by atoms with Gasteiger partial charge in [0.1, 0.15) is 0 Å². The van der Waals surface area contributed by atoms with E-state index in [0.717, 1.165) is 6.42 Å². The maximum atomic E-state index is 2.99. The monoisotopic (exact) mass is 524 g/mol. The van der Waals surface area contributed by atoms with E-state index in [1.807, 2.05) is 12.2 Å². The van der Waals surface area contributed by atoms with Gasteiger partial charge in [0.25, 0.3) is 0 Å². The Morgan fingerprint density at radius 2 is 1.30 bits per heavy atom. The Balaban J connectivity index is 0.000000242. The molecule has 0 spiro atoms. The van der Waals surface area contributed by atoms with Crippen LogP contribution in [0.25, 0.3) is 10.8 Å². The van der Waals surface area contributed by atoms with E-state index in [4.69, 9.17) is 0 Å². The Hall–Kier alpha value is -1.57. The van der Waals surface area contributed by atoms with E-state index in [1.165, 1.54) is 21.1 Å². The molecular weight excluding hydrogens is 503 g/mol. The number of fused-ring (bicyclic) bond motifs is 1. The van der Waals surface area contributed by atoms with Gasteiger partial charge in [0.05, 0.1) is 0 Å². The van der Waals surface area contributed by atoms with Crippen molar-refractivity contribution >= 4 is 51.4 Å². The number of hydrogen-bond donors (Lipinski definition) is 0. The molecule has 0 saturated heterocycles. The fourth-order valence-corrected chi connectivity index (χ4v) is 6.63. The van der Waals surface area contributed by atoms with Gasteiger partial charge in [-0.25, -0.2) is 12.2 Å². The molecule has 150 valence electrons. The molecule has 0 fully saturated rings. The first-order valence-corrected chi connectivity index (χ1v) is 14.5. The fourth-order valence-electron chi connectivity index (χ4n) is 2.79. The quantitative estimate of drug-likeness (QED) is 0.220. The Morgan fingerprint density at radius 3 is 1.77 bits per heavy atom. The van der Waals surface area contributed by atoms with Crippen molar-refractivity contribution in [2.24, 2.45) is 0 Å². The molecule has 0 atom stereocenters. The first-order chi connectivity index (χ1) is 13.8. The van der Waals surface area contributed by atoms with Gasteiger partial charge < -0.3 is 0 Å². The van der Waals surface area contributed by atoms with Crippen LogP contribution in [0.5, 0.6) is 0 Å². The molecule has 0 N–H and O–H groups in total. The van der Waals surface area contributed by atoms with Crippen LogP contribution < -0.4 is 10.4 Å². The third-order valence-corrected chi connectivity index (χ3v) is 10.3. The number of allylic oxidation sites excluding steroid dienone is 4. The van der Waals surface area contributed by atoms with Crippen LogP contribution in [0.15, 0.2) is 121 Å². The summed E-state index contributed by atoms with van der Waals surface area (Å²) in [5.41, 5.74) is -0.455. The van der Waals surface area contributed by atoms with Crippen molar-refractivity contribution in [2.45, 2.75) is 6.42 Å². The zero-order chi connectivity index (χ0) is 19.4. The van der Waals surface area contributed by atoms with E-state index in [2.05, 4.69) is 115 Å². The molecule has 4 aromatic rings. The van der Waals surface area contributed by atoms with Crippen molar-refractivity contribution in [3.05, 3.63) is 127 Å². The molecule has 0 nitrogen and oxygen atoms in total. The van der Waals surface area contributed by atoms with Crippen LogP contribution in [0.4, 0.5) is 0 Å². The van der Waals surface area contributed by atoms with E-state index < -0.39 is 5.43 Å². The van der Waals surface area contributed by atoms with Crippen LogP contribution in [0.3, 0.4) is 0 Å². The van der Waals surface area contributed by atoms with Gasteiger partial charge in [-0.1, -0.05) is 6.07 Å². The Labute approximate surface area is 207 Å². The molecule has 1 aliphatic carbocycles. The second kappa shape index (κ2) is 15.3. The van der Waals surface area contributed by atoms with Crippen molar-refractivity contribution < 1.29 is 23.3 Å². The summed E-state index contributed by atoms with van der Waals surface area (Å²) in [5, 5.41) is 5.69. The summed E-state index contributed by atoms with van der Waals surface area (Å²) in [6.07, 6.45) is 10.0. The van der Waals surface area contributed by atoms with Gasteiger partial charge in [-0.15, -0.1) is 60.9 Å². The molecule has 5 rings (SSSR count). The molecule has 4 aromatic carbocycles. The standard InChI is InChI=1S/C12H10Si.C9H7.C5H5.2ClH.Zr/c1-3-7-11(8-4-1)13-12-9-5-2-6-10-12;1-2-5-9-7-3-6-8(9)4-1;1-2-4-5-3-1;;;/h1-10H;1-7H;1-3H,4H2;2*1H;/q;2*-1;;;+2. The minimum atomic E-state index is -0.455. The third kappa shape index (κ3) is 8.66. The molecule has 0 bridgehead atoms. The summed E-state index contributed by atoms with van der Waals surface area (Å²) in [7, 11) is 0. The third-order valence-electron chi connectivity index (χ3n) is 4.26. The predicted molar refractivity (Wildman–Crippen MR) is 134 cm³/mol. The first kappa shape index (κ1) is 26.5. The van der Waals surface area contributed by atoms with E-state index in [1.54, 1.807) is 23.3 Å². The molecule has 1 aliphatic rings. The second-order valence-corrected chi connectivity index (χ2v) is 11.9. The average Bonchev–Trinajstić information content (AvgIpc) is 3.50. The minimum Gasteiger partial charge on any atom is -0.168 e. The molecular formula is C26H24Cl2SiZr. The topological polar surface area (TPSA) is 0 Å². The van der Waals surface area contributed by atoms with Crippen molar-refractivity contribution in [3.8, 4) is 0 Å². The largest absolute Gasteiger partial charge is 0.168 e. The van der Waals surface area contributed by atoms with Gasteiger partial charge in [0.15, 0.2) is 0 Å². The minimum absolute atomic E-state index is 0. The van der Waals surface area contributed by atoms with Crippen LogP contribution in [0.2, 0.25) is 0 Å². The van der Waals surface area contributed by atoms with Crippen LogP contribution in [0, 0.1) is 6.08 Å². The maximum absolute atomic E-state index is 2.99. The molecule has 4 heteroatoms. The summed E-state index contributed by atoms with van der Waals surface area (Å²) in [6.45, 7) is 0. The SMILES string of the molecule is Cl.Cl.[C-]1=CC=CC1.[Zr+2]=[Si](c1ccccc1)c1ccccc1.c1ccc2[cH-]ccc2c1. The van der Waals surface area contributed by atoms with Crippen molar-refractivity contribution in [3.63, 3.8) is 0 Å². The van der Waals surface area contributed by atoms with Crippen molar-refractivity contribution in [1.29, 1.82) is 0 Å². The zero-order valence-electron chi connectivity index (χ0n) is 16.6. The Morgan fingerprint density at radius 1 is 0.733 bits per heavy atom. The van der Waals surface area contributed by atoms with Gasteiger partial charge in [-0.05, 0) is 0 Å². The number of hydrogen-bond acceptors (Lipinski definition) is 0. The number of rotatable bonds is 2. The molecule has 0 aromatic heterocycles. The number of benzene rings is 3. The predicted octanol–water partition coefficient (Wildman–Crippen LogP) is 6.05. The Kier molecular flexibility index (Phi) is 13.5. The van der Waals surface area contributed by atoms with Crippen molar-refractivity contribution in [2.75, 3.05) is 0 Å². The van der Waals surface area contributed by atoms with Gasteiger partial charge >= 0.3 is 99.8 Å². The first-order valence-electron chi connectivity index (χ1n) is 9.36.